The fraction of sp³-hybridized carbons (Fsp3) is 0.357. The van der Waals surface area contributed by atoms with Crippen LogP contribution in [-0.2, 0) is 11.3 Å². The van der Waals surface area contributed by atoms with Crippen LogP contribution >= 0.6 is 0 Å². The Hall–Kier alpha value is -2.21. The Morgan fingerprint density at radius 2 is 1.85 bits per heavy atom. The first-order valence-electron chi connectivity index (χ1n) is 6.09. The van der Waals surface area contributed by atoms with Gasteiger partial charge in [-0.1, -0.05) is 0 Å². The molecule has 1 heterocycles. The van der Waals surface area contributed by atoms with Crippen LogP contribution in [0.5, 0.6) is 11.5 Å². The van der Waals surface area contributed by atoms with E-state index in [9.17, 15) is 9.90 Å². The summed E-state index contributed by atoms with van der Waals surface area (Å²) in [6.07, 6.45) is 1.60. The lowest BCUT2D eigenvalue weighted by Crippen LogP contribution is -2.03. The molecule has 0 amide bonds. The Balaban J connectivity index is 2.66. The summed E-state index contributed by atoms with van der Waals surface area (Å²) in [7, 11) is 4.67. The van der Waals surface area contributed by atoms with Gasteiger partial charge in [-0.15, -0.1) is 0 Å². The van der Waals surface area contributed by atoms with E-state index in [1.165, 1.54) is 7.11 Å². The molecule has 0 unspecified atom stereocenters. The Morgan fingerprint density at radius 3 is 2.40 bits per heavy atom. The summed E-state index contributed by atoms with van der Waals surface area (Å²) in [5, 5.41) is 9.91. The van der Waals surface area contributed by atoms with Crippen molar-refractivity contribution in [1.29, 1.82) is 0 Å². The van der Waals surface area contributed by atoms with Crippen molar-refractivity contribution in [3.63, 3.8) is 0 Å². The van der Waals surface area contributed by atoms with E-state index in [0.29, 0.717) is 30.0 Å². The van der Waals surface area contributed by atoms with Crippen LogP contribution in [0.25, 0.3) is 10.9 Å². The van der Waals surface area contributed by atoms with E-state index in [1.807, 2.05) is 4.57 Å². The first-order valence-corrected chi connectivity index (χ1v) is 6.09. The Morgan fingerprint density at radius 1 is 1.20 bits per heavy atom. The highest BCUT2D eigenvalue weighted by Crippen LogP contribution is 2.34. The highest BCUT2D eigenvalue weighted by Gasteiger charge is 2.17. The van der Waals surface area contributed by atoms with E-state index in [2.05, 4.69) is 0 Å². The maximum Gasteiger partial charge on any atom is 0.337 e. The zero-order valence-electron chi connectivity index (χ0n) is 11.7. The van der Waals surface area contributed by atoms with Gasteiger partial charge in [0.05, 0.1) is 31.9 Å². The van der Waals surface area contributed by atoms with Gasteiger partial charge >= 0.3 is 5.97 Å². The molecule has 2 rings (SSSR count). The average molecular weight is 279 g/mol. The molecule has 0 spiro atoms. The van der Waals surface area contributed by atoms with E-state index in [-0.39, 0.29) is 5.56 Å². The fourth-order valence-corrected chi connectivity index (χ4v) is 2.16. The van der Waals surface area contributed by atoms with Crippen LogP contribution in [0.2, 0.25) is 0 Å². The molecule has 0 saturated heterocycles. The standard InChI is InChI=1S/C14H17NO5/c1-18-5-4-15-8-10(14(16)17)9-6-12(19-2)13(20-3)7-11(9)15/h6-8H,4-5H2,1-3H3,(H,16,17). The second kappa shape index (κ2) is 5.83. The van der Waals surface area contributed by atoms with Gasteiger partial charge in [-0.05, 0) is 6.07 Å². The number of nitrogens with zero attached hydrogens (tertiary/aromatic N) is 1. The van der Waals surface area contributed by atoms with E-state index in [1.54, 1.807) is 32.5 Å². The molecule has 0 aliphatic rings. The molecular formula is C14H17NO5. The summed E-state index contributed by atoms with van der Waals surface area (Å²) in [6.45, 7) is 1.06. The predicted octanol–water partition coefficient (Wildman–Crippen LogP) is 2.00. The van der Waals surface area contributed by atoms with E-state index >= 15 is 0 Å². The van der Waals surface area contributed by atoms with Crippen molar-refractivity contribution in [2.45, 2.75) is 6.54 Å². The predicted molar refractivity (Wildman–Crippen MR) is 73.9 cm³/mol. The molecule has 6 nitrogen and oxygen atoms in total. The number of aromatic nitrogens is 1. The van der Waals surface area contributed by atoms with Gasteiger partial charge in [-0.2, -0.15) is 0 Å². The number of methoxy groups -OCH3 is 3. The summed E-state index contributed by atoms with van der Waals surface area (Å²) in [5.41, 5.74) is 1.01. The summed E-state index contributed by atoms with van der Waals surface area (Å²) in [5.74, 6) is 0.0964. The number of carbonyl (C=O) groups is 1. The summed E-state index contributed by atoms with van der Waals surface area (Å²) in [4.78, 5) is 11.3. The van der Waals surface area contributed by atoms with Gasteiger partial charge in [0.2, 0.25) is 0 Å². The van der Waals surface area contributed by atoms with Crippen molar-refractivity contribution < 1.29 is 24.1 Å². The number of fused-ring (bicyclic) bond motifs is 1. The van der Waals surface area contributed by atoms with Crippen molar-refractivity contribution in [2.75, 3.05) is 27.9 Å². The van der Waals surface area contributed by atoms with Gasteiger partial charge in [-0.25, -0.2) is 4.79 Å². The van der Waals surface area contributed by atoms with Gasteiger partial charge in [0.25, 0.3) is 0 Å². The summed E-state index contributed by atoms with van der Waals surface area (Å²) >= 11 is 0. The molecule has 0 saturated carbocycles. The Bertz CT molecular complexity index is 632. The van der Waals surface area contributed by atoms with Crippen molar-refractivity contribution in [3.05, 3.63) is 23.9 Å². The lowest BCUT2D eigenvalue weighted by atomic mass is 10.1. The molecule has 2 aromatic rings. The zero-order valence-corrected chi connectivity index (χ0v) is 11.7. The minimum Gasteiger partial charge on any atom is -0.493 e. The largest absolute Gasteiger partial charge is 0.493 e. The van der Waals surface area contributed by atoms with Gasteiger partial charge in [0.15, 0.2) is 11.5 Å². The first kappa shape index (κ1) is 14.2. The number of benzene rings is 1. The maximum absolute atomic E-state index is 11.3. The van der Waals surface area contributed by atoms with Crippen molar-refractivity contribution >= 4 is 16.9 Å². The molecule has 1 aromatic carbocycles. The second-order valence-corrected chi connectivity index (χ2v) is 4.26. The second-order valence-electron chi connectivity index (χ2n) is 4.26. The summed E-state index contributed by atoms with van der Waals surface area (Å²) in [6, 6.07) is 3.46. The SMILES string of the molecule is COCCn1cc(C(=O)O)c2cc(OC)c(OC)cc21. The number of rotatable bonds is 6. The van der Waals surface area contributed by atoms with Crippen molar-refractivity contribution in [1.82, 2.24) is 4.57 Å². The third-order valence-electron chi connectivity index (χ3n) is 3.15. The van der Waals surface area contributed by atoms with Crippen molar-refractivity contribution in [2.24, 2.45) is 0 Å². The smallest absolute Gasteiger partial charge is 0.337 e. The minimum absolute atomic E-state index is 0.233. The number of carboxylic acids is 1. The zero-order chi connectivity index (χ0) is 14.7. The number of carboxylic acid groups (broad SMARTS) is 1. The van der Waals surface area contributed by atoms with E-state index in [4.69, 9.17) is 14.2 Å². The molecule has 0 atom stereocenters. The lowest BCUT2D eigenvalue weighted by molar-refractivity contribution is 0.0698. The van der Waals surface area contributed by atoms with Gasteiger partial charge in [0.1, 0.15) is 0 Å². The quantitative estimate of drug-likeness (QED) is 0.875. The van der Waals surface area contributed by atoms with Gasteiger partial charge in [0, 0.05) is 31.3 Å². The fourth-order valence-electron chi connectivity index (χ4n) is 2.16. The molecule has 0 aliphatic heterocycles. The molecule has 0 fully saturated rings. The molecule has 0 radical (unpaired) electrons. The van der Waals surface area contributed by atoms with Crippen molar-refractivity contribution in [3.8, 4) is 11.5 Å². The van der Waals surface area contributed by atoms with Crippen LogP contribution in [0, 0.1) is 0 Å². The molecule has 1 aromatic heterocycles. The summed E-state index contributed by atoms with van der Waals surface area (Å²) < 4.78 is 17.4. The lowest BCUT2D eigenvalue weighted by Gasteiger charge is -2.09. The molecule has 0 aliphatic carbocycles. The molecule has 20 heavy (non-hydrogen) atoms. The topological polar surface area (TPSA) is 69.9 Å². The van der Waals surface area contributed by atoms with Crippen LogP contribution in [-0.4, -0.2) is 43.6 Å². The number of hydrogen-bond acceptors (Lipinski definition) is 4. The highest BCUT2D eigenvalue weighted by molar-refractivity contribution is 6.04. The molecular weight excluding hydrogens is 262 g/mol. The van der Waals surface area contributed by atoms with Crippen LogP contribution in [0.3, 0.4) is 0 Å². The molecule has 0 bridgehead atoms. The third-order valence-corrected chi connectivity index (χ3v) is 3.15. The van der Waals surface area contributed by atoms with Crippen LogP contribution in [0.1, 0.15) is 10.4 Å². The minimum atomic E-state index is -0.974. The maximum atomic E-state index is 11.3. The Kier molecular flexibility index (Phi) is 4.14. The number of aromatic carboxylic acids is 1. The average Bonchev–Trinajstić information content (AvgIpc) is 2.81. The monoisotopic (exact) mass is 279 g/mol. The van der Waals surface area contributed by atoms with Crippen LogP contribution < -0.4 is 9.47 Å². The van der Waals surface area contributed by atoms with Crippen LogP contribution in [0.4, 0.5) is 0 Å². The number of ether oxygens (including phenoxy) is 3. The first-order chi connectivity index (χ1) is 9.62. The third kappa shape index (κ3) is 2.42. The number of hydrogen-bond donors (Lipinski definition) is 1. The van der Waals surface area contributed by atoms with E-state index in [0.717, 1.165) is 5.52 Å². The molecule has 1 N–H and O–H groups in total. The van der Waals surface area contributed by atoms with Gasteiger partial charge in [-0.3, -0.25) is 0 Å². The highest BCUT2D eigenvalue weighted by atomic mass is 16.5. The molecule has 6 heteroatoms. The van der Waals surface area contributed by atoms with Crippen LogP contribution in [0.15, 0.2) is 18.3 Å². The Labute approximate surface area is 116 Å². The molecule has 108 valence electrons. The van der Waals surface area contributed by atoms with Gasteiger partial charge < -0.3 is 23.9 Å². The van der Waals surface area contributed by atoms with E-state index < -0.39 is 5.97 Å². The normalized spacial score (nSPS) is 10.8.